The van der Waals surface area contributed by atoms with Gasteiger partial charge in [-0.1, -0.05) is 175 Å². The predicted octanol–water partition coefficient (Wildman–Crippen LogP) is 28.0. The molecule has 0 saturated heterocycles. The van der Waals surface area contributed by atoms with Gasteiger partial charge >= 0.3 is 0 Å². The van der Waals surface area contributed by atoms with Gasteiger partial charge < -0.3 is 50.1 Å². The number of benzene rings is 9. The molecule has 23 aromatic rings. The zero-order chi connectivity index (χ0) is 86.0. The van der Waals surface area contributed by atoms with Crippen LogP contribution in [0.1, 0.15) is 0 Å². The monoisotopic (exact) mass is 2660 g/mol. The van der Waals surface area contributed by atoms with Crippen LogP contribution < -0.4 is 0 Å². The van der Waals surface area contributed by atoms with Crippen molar-refractivity contribution < 1.29 is 111 Å². The van der Waals surface area contributed by atoms with E-state index >= 15 is 0 Å². The molecule has 0 amide bonds. The van der Waals surface area contributed by atoms with E-state index in [1.807, 2.05) is 327 Å². The maximum atomic E-state index is 9.31. The molecular formula is C110H76Ir5N10O2S4-8. The fourth-order valence-corrected chi connectivity index (χ4v) is 15.5. The molecule has 131 heavy (non-hydrogen) atoms. The molecule has 0 atom stereocenters. The number of pyridine rings is 10. The van der Waals surface area contributed by atoms with Gasteiger partial charge in [0, 0.05) is 190 Å². The zero-order valence-corrected chi connectivity index (χ0v) is 84.6. The van der Waals surface area contributed by atoms with Crippen LogP contribution in [-0.2, 0) is 101 Å². The number of hydrogen-bond acceptors (Lipinski definition) is 16. The molecule has 0 spiro atoms. The fraction of sp³-hybridized carbons (Fsp3) is 0. The summed E-state index contributed by atoms with van der Waals surface area (Å²) >= 11 is 6.85. The number of phenolic OH excluding ortho intramolecular Hbond substituents is 2. The average Bonchev–Trinajstić information content (AvgIpc) is 1.72. The third-order valence-corrected chi connectivity index (χ3v) is 22.0. The molecule has 0 unspecified atom stereocenters. The van der Waals surface area contributed by atoms with E-state index in [4.69, 9.17) is 0 Å². The first-order chi connectivity index (χ1) is 62.4. The number of hydrogen-bond donors (Lipinski definition) is 2. The van der Waals surface area contributed by atoms with Crippen molar-refractivity contribution in [2.75, 3.05) is 0 Å². The summed E-state index contributed by atoms with van der Waals surface area (Å²) in [5, 5.41) is 26.1. The van der Waals surface area contributed by atoms with Crippen molar-refractivity contribution in [1.82, 2.24) is 49.8 Å². The Morgan fingerprint density at radius 2 is 0.443 bits per heavy atom. The number of aromatic hydroxyl groups is 2. The molecule has 0 saturated carbocycles. The summed E-state index contributed by atoms with van der Waals surface area (Å²) < 4.78 is 3.79. The molecule has 12 nitrogen and oxygen atoms in total. The number of thiophene rings is 4. The van der Waals surface area contributed by atoms with Gasteiger partial charge in [0.15, 0.2) is 0 Å². The second-order valence-corrected chi connectivity index (χ2v) is 30.7. The molecule has 655 valence electrons. The van der Waals surface area contributed by atoms with E-state index < -0.39 is 0 Å². The molecule has 0 aliphatic carbocycles. The van der Waals surface area contributed by atoms with Gasteiger partial charge in [-0.3, -0.25) is 9.97 Å². The van der Waals surface area contributed by atoms with E-state index in [9.17, 15) is 10.2 Å². The van der Waals surface area contributed by atoms with Gasteiger partial charge in [-0.2, -0.15) is 12.1 Å². The van der Waals surface area contributed by atoms with Crippen molar-refractivity contribution in [2.24, 2.45) is 0 Å². The average molecular weight is 2660 g/mol. The molecule has 5 radical (unpaired) electrons. The van der Waals surface area contributed by atoms with Crippen LogP contribution in [0.5, 0.6) is 11.5 Å². The van der Waals surface area contributed by atoms with Crippen LogP contribution >= 0.6 is 45.3 Å². The summed E-state index contributed by atoms with van der Waals surface area (Å²) in [7, 11) is 0. The van der Waals surface area contributed by atoms with Crippen molar-refractivity contribution in [3.05, 3.63) is 498 Å². The van der Waals surface area contributed by atoms with Gasteiger partial charge in [-0.05, 0) is 130 Å². The molecule has 23 rings (SSSR count). The van der Waals surface area contributed by atoms with Crippen LogP contribution in [-0.4, -0.2) is 60.1 Å². The first-order valence-electron chi connectivity index (χ1n) is 39.8. The van der Waals surface area contributed by atoms with Crippen molar-refractivity contribution in [2.45, 2.75) is 0 Å². The van der Waals surface area contributed by atoms with Crippen LogP contribution in [0.2, 0.25) is 0 Å². The molecule has 21 heteroatoms. The minimum Gasteiger partial charge on any atom is -0.506 e. The molecule has 9 aromatic carbocycles. The summed E-state index contributed by atoms with van der Waals surface area (Å²) in [6.45, 7) is 0. The van der Waals surface area contributed by atoms with Crippen molar-refractivity contribution >= 4 is 97.4 Å². The van der Waals surface area contributed by atoms with E-state index in [-0.39, 0.29) is 112 Å². The van der Waals surface area contributed by atoms with E-state index in [2.05, 4.69) is 153 Å². The van der Waals surface area contributed by atoms with Gasteiger partial charge in [-0.15, -0.1) is 220 Å². The summed E-state index contributed by atoms with van der Waals surface area (Å²) in [6.07, 6.45) is 17.7. The summed E-state index contributed by atoms with van der Waals surface area (Å²) in [5.74, 6) is 0.478. The quantitative estimate of drug-likeness (QED) is 0.138. The summed E-state index contributed by atoms with van der Waals surface area (Å²) in [4.78, 5) is 46.5. The van der Waals surface area contributed by atoms with Crippen LogP contribution in [0.3, 0.4) is 0 Å². The van der Waals surface area contributed by atoms with Gasteiger partial charge in [0.1, 0.15) is 22.5 Å². The number of rotatable bonds is 8. The Morgan fingerprint density at radius 1 is 0.198 bits per heavy atom. The summed E-state index contributed by atoms with van der Waals surface area (Å²) in [6, 6.07) is 149. The first kappa shape index (κ1) is 102. The van der Waals surface area contributed by atoms with Crippen LogP contribution in [0.15, 0.2) is 450 Å². The third kappa shape index (κ3) is 31.9. The van der Waals surface area contributed by atoms with Crippen molar-refractivity contribution in [1.29, 1.82) is 0 Å². The topological polar surface area (TPSA) is 169 Å². The predicted molar refractivity (Wildman–Crippen MR) is 519 cm³/mol. The molecule has 2 N–H and O–H groups in total. The van der Waals surface area contributed by atoms with Gasteiger partial charge in [0.2, 0.25) is 0 Å². The Morgan fingerprint density at radius 3 is 0.679 bits per heavy atom. The molecule has 0 aliphatic rings. The number of para-hydroxylation sites is 2. The Labute approximate surface area is 846 Å². The van der Waals surface area contributed by atoms with E-state index in [1.54, 1.807) is 113 Å². The van der Waals surface area contributed by atoms with Crippen LogP contribution in [0.25, 0.3) is 139 Å². The maximum absolute atomic E-state index is 9.31. The Bertz CT molecular complexity index is 6150. The molecule has 0 fully saturated rings. The number of phenols is 2. The zero-order valence-electron chi connectivity index (χ0n) is 69.4. The number of nitrogens with zero attached hydrogens (tertiary/aromatic N) is 10. The molecule has 14 heterocycles. The van der Waals surface area contributed by atoms with Gasteiger partial charge in [-0.25, -0.2) is 45.3 Å². The minimum atomic E-state index is 0. The molecular weight excluding hydrogens is 2580 g/mol. The largest absolute Gasteiger partial charge is 0.506 e. The van der Waals surface area contributed by atoms with E-state index in [0.29, 0.717) is 11.0 Å². The van der Waals surface area contributed by atoms with Gasteiger partial charge in [0.05, 0.1) is 0 Å². The standard InChI is InChI=1S/3C13H8NS.4C11H8N.2C9H7NO.C9H6NS.5Ir/c3*1-2-7-12-10(5-1)9-13(15-12)11-6-3-4-8-14-11;4*1-2-6-10(7-3-1)11-8-4-5-9-12-11;2*11-8-5-1-3-7-4-2-6-10-9(7)8;1-2-6-10-8(4-1)9-5-3-7-11-9;;;;;/h3*1-8H;4*1-6,8-9H;2*1-6,11H;1-4,6-7H;;;;;/q7*-1;;;-1;;;;;. The number of aromatic nitrogens is 10. The Kier molecular flexibility index (Phi) is 44.3. The second kappa shape index (κ2) is 56.8. The fourth-order valence-electron chi connectivity index (χ4n) is 11.9. The SMILES string of the molecule is Oc1cccc2cccnc12.Oc1cccc2cccnc12.[Ir].[Ir].[Ir].[Ir].[Ir].[c-]1c(-c2ccccn2)sc2ccccc12.[c-]1c(-c2ccccn2)sc2ccccc12.[c-]1c(-c2ccccn2)sc2ccccc12.[c-]1ccccc1-c1ccccn1.[c-]1ccccc1-c1ccccn1.[c-]1ccccc1-c1ccccn1.[c-]1ccccc1-c1ccccn1.[c-]1ccsc1-c1ccccn1. The van der Waals surface area contributed by atoms with Crippen molar-refractivity contribution in [3.63, 3.8) is 0 Å². The van der Waals surface area contributed by atoms with Crippen molar-refractivity contribution in [3.8, 4) is 98.8 Å². The van der Waals surface area contributed by atoms with Crippen LogP contribution in [0.4, 0.5) is 0 Å². The van der Waals surface area contributed by atoms with E-state index in [1.165, 1.54) is 30.3 Å². The Balaban J connectivity index is 0.000000164. The summed E-state index contributed by atoms with van der Waals surface area (Å²) in [5.41, 5.74) is 13.4. The minimum absolute atomic E-state index is 0. The second-order valence-electron chi connectivity index (χ2n) is 26.6. The molecule has 14 aromatic heterocycles. The normalized spacial score (nSPS) is 9.74. The van der Waals surface area contributed by atoms with Crippen LogP contribution in [0, 0.1) is 48.5 Å². The maximum Gasteiger partial charge on any atom is 0.141 e. The first-order valence-corrected chi connectivity index (χ1v) is 43.1. The third-order valence-electron chi connectivity index (χ3n) is 17.9. The smallest absolute Gasteiger partial charge is 0.141 e. The van der Waals surface area contributed by atoms with E-state index in [0.717, 1.165) is 98.1 Å². The molecule has 0 aliphatic heterocycles. The van der Waals surface area contributed by atoms with Gasteiger partial charge in [0.25, 0.3) is 0 Å². The number of fused-ring (bicyclic) bond motifs is 5. The Hall–Kier alpha value is -12.6. The molecule has 0 bridgehead atoms.